The lowest BCUT2D eigenvalue weighted by atomic mass is 10.1. The van der Waals surface area contributed by atoms with Crippen molar-refractivity contribution in [3.63, 3.8) is 0 Å². The molecule has 12 heavy (non-hydrogen) atoms. The van der Waals surface area contributed by atoms with Crippen LogP contribution in [-0.2, 0) is 0 Å². The van der Waals surface area contributed by atoms with Crippen molar-refractivity contribution in [2.75, 3.05) is 6.54 Å². The molecule has 0 atom stereocenters. The van der Waals surface area contributed by atoms with Gasteiger partial charge in [0.05, 0.1) is 0 Å². The fourth-order valence-corrected chi connectivity index (χ4v) is 2.64. The van der Waals surface area contributed by atoms with Gasteiger partial charge in [0.15, 0.2) is 0 Å². The van der Waals surface area contributed by atoms with Gasteiger partial charge in [-0.3, -0.25) is 0 Å². The van der Waals surface area contributed by atoms with Crippen molar-refractivity contribution in [3.8, 4) is 0 Å². The Balaban J connectivity index is 1.74. The van der Waals surface area contributed by atoms with Crippen LogP contribution in [0.3, 0.4) is 0 Å². The third-order valence-electron chi connectivity index (χ3n) is 2.37. The molecule has 1 saturated carbocycles. The first-order chi connectivity index (χ1) is 5.66. The molecule has 1 heterocycles. The molecule has 2 heteroatoms. The number of thioether (sulfide) groups is 1. The summed E-state index contributed by atoms with van der Waals surface area (Å²) < 4.78 is 0.459. The zero-order valence-electron chi connectivity index (χ0n) is 7.89. The zero-order chi connectivity index (χ0) is 8.60. The maximum atomic E-state index is 3.55. The van der Waals surface area contributed by atoms with Crippen molar-refractivity contribution in [1.29, 1.82) is 0 Å². The molecule has 0 aromatic carbocycles. The first-order valence-electron chi connectivity index (χ1n) is 4.77. The Bertz CT molecular complexity index is 204. The molecular weight excluding hydrogens is 166 g/mol. The lowest BCUT2D eigenvalue weighted by molar-refractivity contribution is 0.738. The van der Waals surface area contributed by atoms with Crippen molar-refractivity contribution in [3.05, 3.63) is 11.0 Å². The van der Waals surface area contributed by atoms with Crippen LogP contribution >= 0.6 is 11.8 Å². The third kappa shape index (κ3) is 2.27. The molecule has 1 N–H and O–H groups in total. The van der Waals surface area contributed by atoms with Crippen LogP contribution < -0.4 is 5.32 Å². The monoisotopic (exact) mass is 183 g/mol. The van der Waals surface area contributed by atoms with E-state index in [4.69, 9.17) is 0 Å². The highest BCUT2D eigenvalue weighted by Gasteiger charge is 2.26. The van der Waals surface area contributed by atoms with Gasteiger partial charge in [-0.05, 0) is 24.2 Å². The van der Waals surface area contributed by atoms with Crippen LogP contribution in [-0.4, -0.2) is 17.3 Å². The molecule has 1 fully saturated rings. The summed E-state index contributed by atoms with van der Waals surface area (Å²) in [5, 5.41) is 3.55. The molecule has 0 spiro atoms. The van der Waals surface area contributed by atoms with E-state index >= 15 is 0 Å². The van der Waals surface area contributed by atoms with Crippen molar-refractivity contribution < 1.29 is 0 Å². The van der Waals surface area contributed by atoms with Gasteiger partial charge in [-0.15, -0.1) is 11.8 Å². The highest BCUT2D eigenvalue weighted by atomic mass is 32.2. The Morgan fingerprint density at radius 2 is 2.33 bits per heavy atom. The van der Waals surface area contributed by atoms with E-state index in [0.717, 1.165) is 12.6 Å². The number of nitrogens with one attached hydrogen (secondary N) is 1. The molecule has 1 aliphatic heterocycles. The minimum absolute atomic E-state index is 0.459. The first-order valence-corrected chi connectivity index (χ1v) is 5.59. The first kappa shape index (κ1) is 8.64. The Morgan fingerprint density at radius 1 is 1.58 bits per heavy atom. The average molecular weight is 183 g/mol. The lowest BCUT2D eigenvalue weighted by Gasteiger charge is -2.16. The largest absolute Gasteiger partial charge is 0.309 e. The van der Waals surface area contributed by atoms with E-state index in [-0.39, 0.29) is 0 Å². The second-order valence-electron chi connectivity index (χ2n) is 4.39. The molecule has 0 unspecified atom stereocenters. The summed E-state index contributed by atoms with van der Waals surface area (Å²) in [5.41, 5.74) is 0. The van der Waals surface area contributed by atoms with Crippen molar-refractivity contribution in [2.45, 2.75) is 43.9 Å². The average Bonchev–Trinajstić information content (AvgIpc) is 2.74. The van der Waals surface area contributed by atoms with Crippen LogP contribution in [0.5, 0.6) is 0 Å². The van der Waals surface area contributed by atoms with Crippen LogP contribution in [0.2, 0.25) is 0 Å². The van der Waals surface area contributed by atoms with Gasteiger partial charge in [0.1, 0.15) is 0 Å². The van der Waals surface area contributed by atoms with E-state index < -0.39 is 0 Å². The molecule has 2 aliphatic rings. The molecule has 2 rings (SSSR count). The van der Waals surface area contributed by atoms with Crippen LogP contribution in [0, 0.1) is 0 Å². The van der Waals surface area contributed by atoms with Gasteiger partial charge in [-0.1, -0.05) is 19.9 Å². The summed E-state index contributed by atoms with van der Waals surface area (Å²) in [7, 11) is 0. The number of allylic oxidation sites excluding steroid dienone is 1. The maximum Gasteiger partial charge on any atom is 0.0264 e. The molecule has 0 amide bonds. The fourth-order valence-electron chi connectivity index (χ4n) is 1.44. The Morgan fingerprint density at radius 3 is 2.83 bits per heavy atom. The summed E-state index contributed by atoms with van der Waals surface area (Å²) in [6.45, 7) is 5.75. The quantitative estimate of drug-likeness (QED) is 0.721. The van der Waals surface area contributed by atoms with Crippen molar-refractivity contribution >= 4 is 11.8 Å². The maximum absolute atomic E-state index is 3.55. The SMILES string of the molecule is CC1(C)CC=C(CNC2CC2)S1. The summed E-state index contributed by atoms with van der Waals surface area (Å²) in [6.07, 6.45) is 6.40. The molecule has 1 nitrogen and oxygen atoms in total. The third-order valence-corrected chi connectivity index (χ3v) is 3.66. The van der Waals surface area contributed by atoms with Gasteiger partial charge in [0, 0.05) is 17.3 Å². The van der Waals surface area contributed by atoms with Crippen LogP contribution in [0.25, 0.3) is 0 Å². The van der Waals surface area contributed by atoms with Gasteiger partial charge < -0.3 is 5.32 Å². The topological polar surface area (TPSA) is 12.0 Å². The van der Waals surface area contributed by atoms with Crippen molar-refractivity contribution in [1.82, 2.24) is 5.32 Å². The second-order valence-corrected chi connectivity index (χ2v) is 6.23. The minimum atomic E-state index is 0.459. The van der Waals surface area contributed by atoms with E-state index in [1.165, 1.54) is 19.3 Å². The van der Waals surface area contributed by atoms with E-state index in [2.05, 4.69) is 25.2 Å². The van der Waals surface area contributed by atoms with E-state index in [0.29, 0.717) is 4.75 Å². The van der Waals surface area contributed by atoms with Crippen molar-refractivity contribution in [2.24, 2.45) is 0 Å². The summed E-state index contributed by atoms with van der Waals surface area (Å²) >= 11 is 2.04. The predicted molar refractivity (Wildman–Crippen MR) is 55.4 cm³/mol. The van der Waals surface area contributed by atoms with Crippen LogP contribution in [0.1, 0.15) is 33.1 Å². The Hall–Kier alpha value is 0.0500. The Labute approximate surface area is 79.0 Å². The Kier molecular flexibility index (Phi) is 2.21. The van der Waals surface area contributed by atoms with Crippen LogP contribution in [0.4, 0.5) is 0 Å². The minimum Gasteiger partial charge on any atom is -0.309 e. The highest BCUT2D eigenvalue weighted by molar-refractivity contribution is 8.04. The van der Waals surface area contributed by atoms with Gasteiger partial charge in [0.25, 0.3) is 0 Å². The molecule has 1 aliphatic carbocycles. The highest BCUT2D eigenvalue weighted by Crippen LogP contribution is 2.41. The molecule has 0 radical (unpaired) electrons. The summed E-state index contributed by atoms with van der Waals surface area (Å²) in [4.78, 5) is 1.55. The summed E-state index contributed by atoms with van der Waals surface area (Å²) in [5.74, 6) is 0. The summed E-state index contributed by atoms with van der Waals surface area (Å²) in [6, 6.07) is 0.843. The predicted octanol–water partition coefficient (Wildman–Crippen LogP) is 2.54. The standard InChI is InChI=1S/C10H17NS/c1-10(2)6-5-9(12-10)7-11-8-3-4-8/h5,8,11H,3-4,6-7H2,1-2H3. The van der Waals surface area contributed by atoms with Gasteiger partial charge in [-0.25, -0.2) is 0 Å². The molecule has 0 aromatic rings. The normalized spacial score (nSPS) is 27.3. The van der Waals surface area contributed by atoms with Gasteiger partial charge in [-0.2, -0.15) is 0 Å². The van der Waals surface area contributed by atoms with E-state index in [1.54, 1.807) is 4.91 Å². The second kappa shape index (κ2) is 3.08. The molecule has 0 bridgehead atoms. The van der Waals surface area contributed by atoms with Gasteiger partial charge in [0.2, 0.25) is 0 Å². The molecule has 0 aromatic heterocycles. The smallest absolute Gasteiger partial charge is 0.0264 e. The number of hydrogen-bond donors (Lipinski definition) is 1. The molecule has 68 valence electrons. The molecular formula is C10H17NS. The van der Waals surface area contributed by atoms with E-state index in [9.17, 15) is 0 Å². The lowest BCUT2D eigenvalue weighted by Crippen LogP contribution is -2.18. The van der Waals surface area contributed by atoms with Crippen LogP contribution in [0.15, 0.2) is 11.0 Å². The fraction of sp³-hybridized carbons (Fsp3) is 0.800. The van der Waals surface area contributed by atoms with Gasteiger partial charge >= 0.3 is 0 Å². The number of rotatable bonds is 3. The number of hydrogen-bond acceptors (Lipinski definition) is 2. The molecule has 0 saturated heterocycles. The van der Waals surface area contributed by atoms with E-state index in [1.807, 2.05) is 11.8 Å². The zero-order valence-corrected chi connectivity index (χ0v) is 8.71.